The number of nitrogens with two attached hydrogens (primary N) is 1. The number of Topliss-reactive ketones (excluding diaryl/α,β-unsaturated/α-hetero) is 1. The molecule has 2 nitrogen and oxygen atoms in total. The summed E-state index contributed by atoms with van der Waals surface area (Å²) in [5.74, 6) is 1.28. The Morgan fingerprint density at radius 3 is 2.08 bits per heavy atom. The molecule has 0 aromatic heterocycles. The van der Waals surface area contributed by atoms with E-state index < -0.39 is 5.54 Å². The highest BCUT2D eigenvalue weighted by Crippen LogP contribution is 2.30. The van der Waals surface area contributed by atoms with E-state index in [4.69, 9.17) is 5.73 Å². The predicted octanol–water partition coefficient (Wildman–Crippen LogP) is 2.12. The van der Waals surface area contributed by atoms with Gasteiger partial charge in [-0.25, -0.2) is 0 Å². The summed E-state index contributed by atoms with van der Waals surface area (Å²) in [4.78, 5) is 11.8. The summed E-state index contributed by atoms with van der Waals surface area (Å²) in [5.41, 5.74) is 5.16. The Bertz CT molecular complexity index is 185. The molecular formula is C11H21NO. The van der Waals surface area contributed by atoms with Crippen molar-refractivity contribution < 1.29 is 4.79 Å². The van der Waals surface area contributed by atoms with Gasteiger partial charge in [-0.2, -0.15) is 0 Å². The van der Waals surface area contributed by atoms with Crippen LogP contribution < -0.4 is 5.73 Å². The lowest BCUT2D eigenvalue weighted by molar-refractivity contribution is -0.128. The van der Waals surface area contributed by atoms with Crippen LogP contribution in [0, 0.1) is 11.8 Å². The Kier molecular flexibility index (Phi) is 3.12. The van der Waals surface area contributed by atoms with Crippen molar-refractivity contribution in [3.63, 3.8) is 0 Å². The van der Waals surface area contributed by atoms with Crippen molar-refractivity contribution in [1.29, 1.82) is 0 Å². The average molecular weight is 183 g/mol. The lowest BCUT2D eigenvalue weighted by atomic mass is 9.77. The minimum absolute atomic E-state index is 0.233. The predicted molar refractivity (Wildman–Crippen MR) is 54.4 cm³/mol. The normalized spacial score (nSPS) is 30.2. The van der Waals surface area contributed by atoms with E-state index in [0.29, 0.717) is 0 Å². The molecule has 0 aromatic rings. The van der Waals surface area contributed by atoms with E-state index in [0.717, 1.165) is 18.8 Å². The number of hydrogen-bond donors (Lipinski definition) is 1. The van der Waals surface area contributed by atoms with Crippen LogP contribution in [0.2, 0.25) is 0 Å². The van der Waals surface area contributed by atoms with Crippen molar-refractivity contribution in [3.05, 3.63) is 0 Å². The Balaban J connectivity index is 2.50. The number of ketones is 1. The topological polar surface area (TPSA) is 43.1 Å². The second-order valence-electron chi connectivity index (χ2n) is 5.04. The Morgan fingerprint density at radius 2 is 1.69 bits per heavy atom. The molecule has 13 heavy (non-hydrogen) atoms. The van der Waals surface area contributed by atoms with E-state index in [2.05, 4.69) is 6.92 Å². The molecule has 2 N–H and O–H groups in total. The molecule has 0 spiro atoms. The molecule has 1 fully saturated rings. The first-order valence-corrected chi connectivity index (χ1v) is 5.24. The van der Waals surface area contributed by atoms with Gasteiger partial charge in [-0.1, -0.05) is 19.8 Å². The first kappa shape index (κ1) is 10.7. The monoisotopic (exact) mass is 183 g/mol. The van der Waals surface area contributed by atoms with Crippen LogP contribution >= 0.6 is 0 Å². The van der Waals surface area contributed by atoms with Crippen LogP contribution in [-0.4, -0.2) is 11.3 Å². The summed E-state index contributed by atoms with van der Waals surface area (Å²) >= 11 is 0. The van der Waals surface area contributed by atoms with Gasteiger partial charge in [-0.15, -0.1) is 0 Å². The number of rotatable bonds is 2. The molecule has 0 unspecified atom stereocenters. The van der Waals surface area contributed by atoms with Gasteiger partial charge in [0.2, 0.25) is 0 Å². The standard InChI is InChI=1S/C11H21NO/c1-8-4-6-9(7-5-8)10(13)11(2,3)12/h8-9H,4-7,12H2,1-3H3. The Morgan fingerprint density at radius 1 is 1.23 bits per heavy atom. The minimum atomic E-state index is -0.634. The highest BCUT2D eigenvalue weighted by molar-refractivity contribution is 5.89. The third-order valence-electron chi connectivity index (χ3n) is 3.02. The maximum Gasteiger partial charge on any atom is 0.155 e. The van der Waals surface area contributed by atoms with E-state index in [1.54, 1.807) is 0 Å². The largest absolute Gasteiger partial charge is 0.319 e. The third-order valence-corrected chi connectivity index (χ3v) is 3.02. The zero-order valence-corrected chi connectivity index (χ0v) is 8.97. The molecule has 0 radical (unpaired) electrons. The van der Waals surface area contributed by atoms with Crippen LogP contribution in [0.25, 0.3) is 0 Å². The summed E-state index contributed by atoms with van der Waals surface area (Å²) in [5, 5.41) is 0. The molecule has 1 saturated carbocycles. The summed E-state index contributed by atoms with van der Waals surface area (Å²) < 4.78 is 0. The van der Waals surface area contributed by atoms with Gasteiger partial charge in [0.25, 0.3) is 0 Å². The fourth-order valence-electron chi connectivity index (χ4n) is 2.05. The van der Waals surface area contributed by atoms with Gasteiger partial charge in [0.15, 0.2) is 5.78 Å². The van der Waals surface area contributed by atoms with Gasteiger partial charge in [-0.3, -0.25) is 4.79 Å². The van der Waals surface area contributed by atoms with E-state index >= 15 is 0 Å². The smallest absolute Gasteiger partial charge is 0.155 e. The number of carbonyl (C=O) groups excluding carboxylic acids is 1. The molecule has 0 aliphatic heterocycles. The van der Waals surface area contributed by atoms with Gasteiger partial charge >= 0.3 is 0 Å². The van der Waals surface area contributed by atoms with Crippen LogP contribution in [0.15, 0.2) is 0 Å². The third kappa shape index (κ3) is 2.80. The summed E-state index contributed by atoms with van der Waals surface area (Å²) in [7, 11) is 0. The van der Waals surface area contributed by atoms with Crippen LogP contribution in [0.1, 0.15) is 46.5 Å². The molecule has 1 aliphatic carbocycles. The van der Waals surface area contributed by atoms with E-state index in [1.807, 2.05) is 13.8 Å². The van der Waals surface area contributed by atoms with E-state index in [1.165, 1.54) is 12.8 Å². The van der Waals surface area contributed by atoms with Crippen molar-refractivity contribution in [3.8, 4) is 0 Å². The summed E-state index contributed by atoms with van der Waals surface area (Å²) in [6.45, 7) is 5.88. The molecule has 1 aliphatic rings. The van der Waals surface area contributed by atoms with Crippen LogP contribution in [-0.2, 0) is 4.79 Å². The zero-order chi connectivity index (χ0) is 10.1. The number of hydrogen-bond acceptors (Lipinski definition) is 2. The van der Waals surface area contributed by atoms with Crippen LogP contribution in [0.5, 0.6) is 0 Å². The van der Waals surface area contributed by atoms with Crippen molar-refractivity contribution in [1.82, 2.24) is 0 Å². The van der Waals surface area contributed by atoms with Crippen molar-refractivity contribution in [2.24, 2.45) is 17.6 Å². The molecule has 0 amide bonds. The second kappa shape index (κ2) is 3.79. The van der Waals surface area contributed by atoms with Gasteiger partial charge in [0.1, 0.15) is 0 Å². The molecule has 0 atom stereocenters. The van der Waals surface area contributed by atoms with Crippen LogP contribution in [0.3, 0.4) is 0 Å². The lowest BCUT2D eigenvalue weighted by Crippen LogP contribution is -2.45. The second-order valence-corrected chi connectivity index (χ2v) is 5.04. The Hall–Kier alpha value is -0.370. The van der Waals surface area contributed by atoms with Gasteiger partial charge in [0.05, 0.1) is 5.54 Å². The quantitative estimate of drug-likeness (QED) is 0.712. The molecule has 0 bridgehead atoms. The molecule has 76 valence electrons. The van der Waals surface area contributed by atoms with E-state index in [-0.39, 0.29) is 11.7 Å². The molecular weight excluding hydrogens is 162 g/mol. The molecule has 0 aromatic carbocycles. The van der Waals surface area contributed by atoms with Crippen molar-refractivity contribution in [2.45, 2.75) is 52.0 Å². The highest BCUT2D eigenvalue weighted by atomic mass is 16.1. The summed E-state index contributed by atoms with van der Waals surface area (Å²) in [6.07, 6.45) is 4.46. The average Bonchev–Trinajstić information content (AvgIpc) is 2.03. The SMILES string of the molecule is CC1CCC(C(=O)C(C)(C)N)CC1. The van der Waals surface area contributed by atoms with Crippen molar-refractivity contribution >= 4 is 5.78 Å². The van der Waals surface area contributed by atoms with Crippen molar-refractivity contribution in [2.75, 3.05) is 0 Å². The molecule has 1 rings (SSSR count). The van der Waals surface area contributed by atoms with E-state index in [9.17, 15) is 4.79 Å². The highest BCUT2D eigenvalue weighted by Gasteiger charge is 2.32. The molecule has 2 heteroatoms. The zero-order valence-electron chi connectivity index (χ0n) is 8.97. The maximum atomic E-state index is 11.8. The lowest BCUT2D eigenvalue weighted by Gasteiger charge is -2.29. The first-order valence-electron chi connectivity index (χ1n) is 5.24. The molecule has 0 saturated heterocycles. The van der Waals surface area contributed by atoms with Crippen LogP contribution in [0.4, 0.5) is 0 Å². The van der Waals surface area contributed by atoms with Gasteiger partial charge in [-0.05, 0) is 32.6 Å². The fourth-order valence-corrected chi connectivity index (χ4v) is 2.05. The summed E-state index contributed by atoms with van der Waals surface area (Å²) in [6, 6.07) is 0. The first-order chi connectivity index (χ1) is 5.91. The minimum Gasteiger partial charge on any atom is -0.319 e. The van der Waals surface area contributed by atoms with Gasteiger partial charge in [0, 0.05) is 5.92 Å². The Labute approximate surface area is 80.9 Å². The number of carbonyl (C=O) groups is 1. The maximum absolute atomic E-state index is 11.8. The van der Waals surface area contributed by atoms with Gasteiger partial charge < -0.3 is 5.73 Å². The molecule has 0 heterocycles. The fraction of sp³-hybridized carbons (Fsp3) is 0.909.